The minimum absolute atomic E-state index is 0.227. The van der Waals surface area contributed by atoms with Gasteiger partial charge in [-0.2, -0.15) is 0 Å². The van der Waals surface area contributed by atoms with Gasteiger partial charge in [-0.25, -0.2) is 0 Å². The van der Waals surface area contributed by atoms with E-state index in [1.54, 1.807) is 0 Å². The first kappa shape index (κ1) is 20.4. The van der Waals surface area contributed by atoms with E-state index in [0.29, 0.717) is 11.8 Å². The van der Waals surface area contributed by atoms with Gasteiger partial charge in [0.25, 0.3) is 0 Å². The van der Waals surface area contributed by atoms with Gasteiger partial charge >= 0.3 is 0 Å². The van der Waals surface area contributed by atoms with E-state index in [2.05, 4.69) is 56.6 Å². The Labute approximate surface area is 177 Å². The van der Waals surface area contributed by atoms with E-state index in [0.717, 1.165) is 42.6 Å². The van der Waals surface area contributed by atoms with E-state index in [9.17, 15) is 4.79 Å². The average molecular weight is 414 g/mol. The fourth-order valence-electron chi connectivity index (χ4n) is 4.50. The highest BCUT2D eigenvalue weighted by Crippen LogP contribution is 2.27. The van der Waals surface area contributed by atoms with E-state index in [1.807, 2.05) is 6.92 Å². The Bertz CT molecular complexity index is 874. The summed E-state index contributed by atoms with van der Waals surface area (Å²) in [6.07, 6.45) is 4.84. The molecule has 0 spiro atoms. The van der Waals surface area contributed by atoms with Crippen molar-refractivity contribution in [1.29, 1.82) is 0 Å². The van der Waals surface area contributed by atoms with Crippen molar-refractivity contribution < 1.29 is 4.79 Å². The van der Waals surface area contributed by atoms with Gasteiger partial charge in [-0.1, -0.05) is 23.9 Å². The molecular formula is C22H31N5OS. The van der Waals surface area contributed by atoms with Gasteiger partial charge in [0.15, 0.2) is 5.16 Å². The fraction of sp³-hybridized carbons (Fsp3) is 0.591. The van der Waals surface area contributed by atoms with E-state index in [1.165, 1.54) is 48.8 Å². The molecule has 3 heterocycles. The predicted octanol–water partition coefficient (Wildman–Crippen LogP) is 3.37. The predicted molar refractivity (Wildman–Crippen MR) is 117 cm³/mol. The first-order chi connectivity index (χ1) is 14.0. The molecule has 7 heteroatoms. The Kier molecular flexibility index (Phi) is 6.25. The van der Waals surface area contributed by atoms with Gasteiger partial charge < -0.3 is 9.80 Å². The summed E-state index contributed by atoms with van der Waals surface area (Å²) < 4.78 is 2.08. The van der Waals surface area contributed by atoms with E-state index >= 15 is 0 Å². The molecule has 0 bridgehead atoms. The van der Waals surface area contributed by atoms with Crippen LogP contribution in [0.5, 0.6) is 0 Å². The molecule has 2 aliphatic heterocycles. The van der Waals surface area contributed by atoms with Crippen molar-refractivity contribution >= 4 is 17.7 Å². The second-order valence-corrected chi connectivity index (χ2v) is 9.28. The molecule has 0 saturated carbocycles. The molecule has 2 aliphatic rings. The minimum Gasteiger partial charge on any atom is -0.338 e. The van der Waals surface area contributed by atoms with Gasteiger partial charge in [0, 0.05) is 19.1 Å². The normalized spacial score (nSPS) is 20.0. The molecule has 2 fully saturated rings. The lowest BCUT2D eigenvalue weighted by molar-refractivity contribution is -0.129. The van der Waals surface area contributed by atoms with Crippen LogP contribution < -0.4 is 0 Å². The molecule has 1 unspecified atom stereocenters. The highest BCUT2D eigenvalue weighted by Gasteiger charge is 2.31. The number of aryl methyl sites for hydroxylation is 3. The maximum Gasteiger partial charge on any atom is 0.233 e. The van der Waals surface area contributed by atoms with E-state index < -0.39 is 0 Å². The van der Waals surface area contributed by atoms with Crippen molar-refractivity contribution in [3.63, 3.8) is 0 Å². The zero-order chi connectivity index (χ0) is 20.4. The molecule has 1 aromatic carbocycles. The highest BCUT2D eigenvalue weighted by atomic mass is 32.2. The van der Waals surface area contributed by atoms with Gasteiger partial charge in [0.05, 0.1) is 11.4 Å². The molecule has 1 amide bonds. The third-order valence-corrected chi connectivity index (χ3v) is 7.00. The van der Waals surface area contributed by atoms with Crippen LogP contribution in [0.2, 0.25) is 0 Å². The minimum atomic E-state index is 0.227. The van der Waals surface area contributed by atoms with Crippen LogP contribution in [-0.2, 0) is 4.79 Å². The number of carbonyl (C=O) groups excluding carboxylic acids is 1. The smallest absolute Gasteiger partial charge is 0.233 e. The topological polar surface area (TPSA) is 54.3 Å². The van der Waals surface area contributed by atoms with Gasteiger partial charge in [-0.05, 0) is 76.7 Å². The standard InChI is InChI=1S/C22H31N5OS/c1-16-8-9-17(2)20(13-16)27-18(3)23-24-22(27)29-15-21(28)26-12-6-7-19(26)14-25-10-4-5-11-25/h8-9,13,19H,4-7,10-12,14-15H2,1-3H3. The molecule has 4 rings (SSSR count). The van der Waals surface area contributed by atoms with Crippen LogP contribution in [0.15, 0.2) is 23.4 Å². The van der Waals surface area contributed by atoms with Crippen LogP contribution in [0, 0.1) is 20.8 Å². The van der Waals surface area contributed by atoms with Gasteiger partial charge in [-0.15, -0.1) is 10.2 Å². The Morgan fingerprint density at radius 1 is 1.10 bits per heavy atom. The third kappa shape index (κ3) is 4.51. The lowest BCUT2D eigenvalue weighted by atomic mass is 10.1. The maximum absolute atomic E-state index is 13.0. The van der Waals surface area contributed by atoms with E-state index in [-0.39, 0.29) is 5.91 Å². The summed E-state index contributed by atoms with van der Waals surface area (Å²) in [5, 5.41) is 9.44. The average Bonchev–Trinajstić information content (AvgIpc) is 3.44. The van der Waals surface area contributed by atoms with Crippen molar-refractivity contribution in [2.75, 3.05) is 31.9 Å². The summed E-state index contributed by atoms with van der Waals surface area (Å²) in [6.45, 7) is 10.5. The molecule has 29 heavy (non-hydrogen) atoms. The van der Waals surface area contributed by atoms with Crippen molar-refractivity contribution in [3.05, 3.63) is 35.2 Å². The van der Waals surface area contributed by atoms with Gasteiger partial charge in [0.2, 0.25) is 5.91 Å². The molecule has 2 saturated heterocycles. The fourth-order valence-corrected chi connectivity index (χ4v) is 5.38. The molecule has 156 valence electrons. The lowest BCUT2D eigenvalue weighted by Gasteiger charge is -2.28. The lowest BCUT2D eigenvalue weighted by Crippen LogP contribution is -2.43. The number of rotatable bonds is 6. The quantitative estimate of drug-likeness (QED) is 0.680. The number of benzene rings is 1. The number of nitrogens with zero attached hydrogens (tertiary/aromatic N) is 5. The number of likely N-dealkylation sites (tertiary alicyclic amines) is 2. The third-order valence-electron chi connectivity index (χ3n) is 6.09. The van der Waals surface area contributed by atoms with Gasteiger partial charge in [0.1, 0.15) is 5.82 Å². The Balaban J connectivity index is 1.44. The second-order valence-electron chi connectivity index (χ2n) is 8.33. The van der Waals surface area contributed by atoms with Crippen LogP contribution in [0.4, 0.5) is 0 Å². The number of hydrogen-bond donors (Lipinski definition) is 0. The number of thioether (sulfide) groups is 1. The van der Waals surface area contributed by atoms with Gasteiger partial charge in [-0.3, -0.25) is 9.36 Å². The summed E-state index contributed by atoms with van der Waals surface area (Å²) in [5.41, 5.74) is 3.47. The summed E-state index contributed by atoms with van der Waals surface area (Å²) in [4.78, 5) is 17.6. The molecule has 0 radical (unpaired) electrons. The largest absolute Gasteiger partial charge is 0.338 e. The molecule has 6 nitrogen and oxygen atoms in total. The summed E-state index contributed by atoms with van der Waals surface area (Å²) >= 11 is 1.50. The molecular weight excluding hydrogens is 382 g/mol. The SMILES string of the molecule is Cc1ccc(C)c(-n2c(C)nnc2SCC(=O)N2CCCC2CN2CCCC2)c1. The number of amides is 1. The van der Waals surface area contributed by atoms with Crippen molar-refractivity contribution in [1.82, 2.24) is 24.6 Å². The van der Waals surface area contributed by atoms with Crippen LogP contribution in [0.1, 0.15) is 42.6 Å². The summed E-state index contributed by atoms with van der Waals surface area (Å²) in [5.74, 6) is 1.49. The van der Waals surface area contributed by atoms with Crippen molar-refractivity contribution in [2.45, 2.75) is 57.7 Å². The number of carbonyl (C=O) groups is 1. The number of hydrogen-bond acceptors (Lipinski definition) is 5. The Hall–Kier alpha value is -1.86. The van der Waals surface area contributed by atoms with Crippen LogP contribution >= 0.6 is 11.8 Å². The molecule has 0 N–H and O–H groups in total. The van der Waals surface area contributed by atoms with Crippen molar-refractivity contribution in [2.24, 2.45) is 0 Å². The number of aromatic nitrogens is 3. The second kappa shape index (κ2) is 8.88. The first-order valence-corrected chi connectivity index (χ1v) is 11.7. The summed E-state index contributed by atoms with van der Waals surface area (Å²) in [6, 6.07) is 6.77. The van der Waals surface area contributed by atoms with Crippen LogP contribution in [-0.4, -0.2) is 68.4 Å². The monoisotopic (exact) mass is 413 g/mol. The zero-order valence-corrected chi connectivity index (χ0v) is 18.5. The van der Waals surface area contributed by atoms with Crippen LogP contribution in [0.25, 0.3) is 5.69 Å². The molecule has 2 aromatic rings. The Morgan fingerprint density at radius 2 is 1.90 bits per heavy atom. The van der Waals surface area contributed by atoms with E-state index in [4.69, 9.17) is 0 Å². The zero-order valence-electron chi connectivity index (χ0n) is 17.7. The highest BCUT2D eigenvalue weighted by molar-refractivity contribution is 7.99. The Morgan fingerprint density at radius 3 is 2.69 bits per heavy atom. The van der Waals surface area contributed by atoms with Crippen molar-refractivity contribution in [3.8, 4) is 5.69 Å². The molecule has 0 aliphatic carbocycles. The first-order valence-electron chi connectivity index (χ1n) is 10.7. The molecule has 1 atom stereocenters. The van der Waals surface area contributed by atoms with Crippen LogP contribution in [0.3, 0.4) is 0 Å². The maximum atomic E-state index is 13.0. The summed E-state index contributed by atoms with van der Waals surface area (Å²) in [7, 11) is 0. The molecule has 1 aromatic heterocycles.